The number of hydrogen-bond acceptors (Lipinski definition) is 3. The van der Waals surface area contributed by atoms with Gasteiger partial charge in [-0.25, -0.2) is 36.3 Å². The first-order valence-electron chi connectivity index (χ1n) is 9.96. The topological polar surface area (TPSA) is 35.0 Å². The summed E-state index contributed by atoms with van der Waals surface area (Å²) in [5.74, 6) is -8.30. The van der Waals surface area contributed by atoms with E-state index in [4.69, 9.17) is 0 Å². The molecule has 0 radical (unpaired) electrons. The van der Waals surface area contributed by atoms with E-state index in [9.17, 15) is 35.1 Å². The van der Waals surface area contributed by atoms with E-state index < -0.39 is 59.0 Å². The van der Waals surface area contributed by atoms with Crippen LogP contribution in [0.4, 0.5) is 35.1 Å². The Kier molecular flexibility index (Phi) is 7.88. The van der Waals surface area contributed by atoms with Gasteiger partial charge in [0.15, 0.2) is 5.83 Å². The second-order valence-corrected chi connectivity index (χ2v) is 7.15. The molecule has 2 aromatic carbocycles. The first-order chi connectivity index (χ1) is 16.6. The van der Waals surface area contributed by atoms with Gasteiger partial charge in [0.25, 0.3) is 0 Å². The molecular formula is C24H16F8N2O. The number of hydrogen-bond donors (Lipinski definition) is 0. The van der Waals surface area contributed by atoms with Crippen LogP contribution in [0.1, 0.15) is 29.8 Å². The van der Waals surface area contributed by atoms with Crippen LogP contribution < -0.4 is 4.74 Å². The first-order valence-corrected chi connectivity index (χ1v) is 9.96. The summed E-state index contributed by atoms with van der Waals surface area (Å²) in [6.45, 7) is 1.92. The van der Waals surface area contributed by atoms with Crippen LogP contribution in [-0.2, 0) is 12.8 Å². The van der Waals surface area contributed by atoms with Gasteiger partial charge in [-0.2, -0.15) is 8.78 Å². The second kappa shape index (κ2) is 10.7. The van der Waals surface area contributed by atoms with Crippen LogP contribution in [0.15, 0.2) is 61.2 Å². The Hall–Kier alpha value is -3.76. The van der Waals surface area contributed by atoms with Crippen LogP contribution in [0.25, 0.3) is 17.0 Å². The van der Waals surface area contributed by atoms with Crippen molar-refractivity contribution in [1.82, 2.24) is 9.97 Å². The van der Waals surface area contributed by atoms with Gasteiger partial charge >= 0.3 is 6.11 Å². The standard InChI is InChI=1S/C24H16F8N2O/c1-2-3-4-18(26)22(30)13-5-6-16(19(27)7-13)14-11-33-23(34-12-14)24(31,32)35-15-8-20(28)17(10-25)21(29)9-15/h2,5-9,11-12H,1,3-4,10H2. The first kappa shape index (κ1) is 25.9. The van der Waals surface area contributed by atoms with Gasteiger partial charge in [0.05, 0.1) is 5.56 Å². The summed E-state index contributed by atoms with van der Waals surface area (Å²) >= 11 is 0. The molecule has 0 unspecified atom stereocenters. The Morgan fingerprint density at radius 2 is 1.60 bits per heavy atom. The minimum Gasteiger partial charge on any atom is -0.426 e. The van der Waals surface area contributed by atoms with Crippen molar-refractivity contribution in [3.05, 3.63) is 95.6 Å². The van der Waals surface area contributed by atoms with Crippen molar-refractivity contribution < 1.29 is 39.9 Å². The smallest absolute Gasteiger partial charge is 0.426 e. The predicted molar refractivity (Wildman–Crippen MR) is 112 cm³/mol. The average molecular weight is 500 g/mol. The monoisotopic (exact) mass is 500 g/mol. The number of halogens is 8. The fourth-order valence-electron chi connectivity index (χ4n) is 2.96. The van der Waals surface area contributed by atoms with Gasteiger partial charge < -0.3 is 4.74 Å². The highest BCUT2D eigenvalue weighted by molar-refractivity contribution is 5.68. The van der Waals surface area contributed by atoms with Crippen LogP contribution in [0.2, 0.25) is 0 Å². The van der Waals surface area contributed by atoms with Gasteiger partial charge in [0.2, 0.25) is 5.82 Å². The maximum atomic E-state index is 14.5. The van der Waals surface area contributed by atoms with E-state index in [-0.39, 0.29) is 29.5 Å². The highest BCUT2D eigenvalue weighted by atomic mass is 19.3. The molecule has 35 heavy (non-hydrogen) atoms. The van der Waals surface area contributed by atoms with Crippen molar-refractivity contribution in [2.75, 3.05) is 0 Å². The molecule has 0 N–H and O–H groups in total. The summed E-state index contributed by atoms with van der Waals surface area (Å²) in [6, 6.07) is 3.68. The maximum absolute atomic E-state index is 14.5. The third kappa shape index (κ3) is 5.84. The molecule has 0 fully saturated rings. The quantitative estimate of drug-likeness (QED) is 0.223. The van der Waals surface area contributed by atoms with Crippen LogP contribution in [-0.4, -0.2) is 9.97 Å². The fourth-order valence-corrected chi connectivity index (χ4v) is 2.96. The van der Waals surface area contributed by atoms with Gasteiger partial charge in [0, 0.05) is 47.6 Å². The molecule has 3 nitrogen and oxygen atoms in total. The molecule has 0 spiro atoms. The summed E-state index contributed by atoms with van der Waals surface area (Å²) in [7, 11) is 0. The largest absolute Gasteiger partial charge is 0.462 e. The third-order valence-corrected chi connectivity index (χ3v) is 4.75. The van der Waals surface area contributed by atoms with Gasteiger partial charge in [-0.15, -0.1) is 6.58 Å². The van der Waals surface area contributed by atoms with Gasteiger partial charge in [-0.1, -0.05) is 18.2 Å². The van der Waals surface area contributed by atoms with Crippen molar-refractivity contribution in [2.24, 2.45) is 0 Å². The number of allylic oxidation sites excluding steroid dienone is 2. The van der Waals surface area contributed by atoms with E-state index in [2.05, 4.69) is 21.3 Å². The molecule has 0 saturated carbocycles. The lowest BCUT2D eigenvalue weighted by Gasteiger charge is -2.17. The number of rotatable bonds is 9. The molecule has 3 aromatic rings. The van der Waals surface area contributed by atoms with Crippen molar-refractivity contribution in [1.29, 1.82) is 0 Å². The number of ether oxygens (including phenoxy) is 1. The van der Waals surface area contributed by atoms with E-state index in [1.807, 2.05) is 0 Å². The Bertz CT molecular complexity index is 1240. The lowest BCUT2D eigenvalue weighted by atomic mass is 10.0. The molecule has 0 saturated heterocycles. The summed E-state index contributed by atoms with van der Waals surface area (Å²) in [6.07, 6.45) is -1.28. The Balaban J connectivity index is 1.82. The highest BCUT2D eigenvalue weighted by Crippen LogP contribution is 2.33. The van der Waals surface area contributed by atoms with E-state index >= 15 is 0 Å². The van der Waals surface area contributed by atoms with Crippen LogP contribution in [0, 0.1) is 17.5 Å². The molecule has 0 aliphatic rings. The maximum Gasteiger partial charge on any atom is 0.462 e. The molecule has 1 aromatic heterocycles. The van der Waals surface area contributed by atoms with Crippen LogP contribution in [0.5, 0.6) is 5.75 Å². The zero-order valence-electron chi connectivity index (χ0n) is 17.8. The molecular weight excluding hydrogens is 484 g/mol. The second-order valence-electron chi connectivity index (χ2n) is 7.15. The molecule has 184 valence electrons. The number of benzene rings is 2. The van der Waals surface area contributed by atoms with Gasteiger partial charge in [-0.05, 0) is 12.5 Å². The summed E-state index contributed by atoms with van der Waals surface area (Å²) in [5, 5.41) is 0. The highest BCUT2D eigenvalue weighted by Gasteiger charge is 2.39. The molecule has 0 amide bonds. The molecule has 0 aliphatic carbocycles. The zero-order valence-corrected chi connectivity index (χ0v) is 17.8. The summed E-state index contributed by atoms with van der Waals surface area (Å²) in [4.78, 5) is 6.82. The average Bonchev–Trinajstić information content (AvgIpc) is 2.81. The SMILES string of the molecule is C=CCCC(F)=C(F)c1ccc(-c2cnc(C(F)(F)Oc3cc(F)c(CF)c(F)c3)nc2)c(F)c1. The summed E-state index contributed by atoms with van der Waals surface area (Å²) in [5.41, 5.74) is -1.56. The minimum atomic E-state index is -4.26. The Morgan fingerprint density at radius 3 is 2.14 bits per heavy atom. The minimum absolute atomic E-state index is 0.0745. The molecule has 0 atom stereocenters. The van der Waals surface area contributed by atoms with Crippen LogP contribution in [0.3, 0.4) is 0 Å². The fraction of sp³-hybridized carbons (Fsp3) is 0.167. The van der Waals surface area contributed by atoms with E-state index in [1.54, 1.807) is 0 Å². The Morgan fingerprint density at radius 1 is 0.971 bits per heavy atom. The van der Waals surface area contributed by atoms with Gasteiger partial charge in [-0.3, -0.25) is 0 Å². The molecule has 0 bridgehead atoms. The van der Waals surface area contributed by atoms with Crippen molar-refractivity contribution in [3.63, 3.8) is 0 Å². The van der Waals surface area contributed by atoms with Crippen molar-refractivity contribution in [2.45, 2.75) is 25.6 Å². The normalized spacial score (nSPS) is 12.3. The summed E-state index contributed by atoms with van der Waals surface area (Å²) < 4.78 is 115. The number of nitrogens with zero attached hydrogens (tertiary/aromatic N) is 2. The van der Waals surface area contributed by atoms with E-state index in [1.165, 1.54) is 6.08 Å². The molecule has 3 rings (SSSR count). The number of alkyl halides is 3. The zero-order chi connectivity index (χ0) is 25.8. The van der Waals surface area contributed by atoms with Crippen molar-refractivity contribution in [3.8, 4) is 16.9 Å². The number of aromatic nitrogens is 2. The lowest BCUT2D eigenvalue weighted by molar-refractivity contribution is -0.192. The third-order valence-electron chi connectivity index (χ3n) is 4.75. The molecule has 11 heteroatoms. The van der Waals surface area contributed by atoms with Crippen LogP contribution >= 0.6 is 0 Å². The molecule has 1 heterocycles. The van der Waals surface area contributed by atoms with Gasteiger partial charge in [0.1, 0.15) is 35.7 Å². The molecule has 0 aliphatic heterocycles. The van der Waals surface area contributed by atoms with E-state index in [0.29, 0.717) is 12.1 Å². The van der Waals surface area contributed by atoms with E-state index in [0.717, 1.165) is 30.6 Å². The predicted octanol–water partition coefficient (Wildman–Crippen LogP) is 7.73. The Labute approximate surface area is 194 Å². The van der Waals surface area contributed by atoms with Crippen molar-refractivity contribution >= 4 is 5.83 Å². The lowest BCUT2D eigenvalue weighted by Crippen LogP contribution is -2.25.